The Kier molecular flexibility index (Phi) is 4.19. The molecular formula is C16H14FN5O2. The molecule has 0 saturated carbocycles. The largest absolute Gasteiger partial charge is 0.480 e. The minimum absolute atomic E-state index is 0.0114. The lowest BCUT2D eigenvalue weighted by atomic mass is 10.3. The second kappa shape index (κ2) is 6.45. The number of aryl methyl sites for hydroxylation is 1. The molecule has 1 aromatic carbocycles. The first kappa shape index (κ1) is 15.6. The van der Waals surface area contributed by atoms with E-state index in [9.17, 15) is 9.18 Å². The maximum atomic E-state index is 13.0. The average molecular weight is 327 g/mol. The van der Waals surface area contributed by atoms with Gasteiger partial charge < -0.3 is 10.1 Å². The van der Waals surface area contributed by atoms with E-state index in [4.69, 9.17) is 4.74 Å². The molecule has 0 fully saturated rings. The number of benzene rings is 1. The second-order valence-corrected chi connectivity index (χ2v) is 4.89. The lowest BCUT2D eigenvalue weighted by Crippen LogP contribution is -2.15. The number of nitrogens with zero attached hydrogens (tertiary/aromatic N) is 4. The summed E-state index contributed by atoms with van der Waals surface area (Å²) < 4.78 is 19.6. The first-order valence-electron chi connectivity index (χ1n) is 7.08. The molecule has 0 atom stereocenters. The van der Waals surface area contributed by atoms with E-state index in [1.165, 1.54) is 23.9 Å². The molecule has 0 bridgehead atoms. The van der Waals surface area contributed by atoms with E-state index < -0.39 is 5.91 Å². The van der Waals surface area contributed by atoms with E-state index in [0.29, 0.717) is 23.1 Å². The number of anilines is 1. The van der Waals surface area contributed by atoms with Crippen molar-refractivity contribution in [3.05, 3.63) is 60.1 Å². The van der Waals surface area contributed by atoms with Crippen LogP contribution in [0.1, 0.15) is 16.4 Å². The van der Waals surface area contributed by atoms with Crippen LogP contribution in [0.3, 0.4) is 0 Å². The molecule has 0 radical (unpaired) electrons. The van der Waals surface area contributed by atoms with E-state index in [1.54, 1.807) is 37.4 Å². The highest BCUT2D eigenvalue weighted by atomic mass is 19.1. The quantitative estimate of drug-likeness (QED) is 0.795. The van der Waals surface area contributed by atoms with Crippen LogP contribution in [0, 0.1) is 12.7 Å². The third-order valence-corrected chi connectivity index (χ3v) is 3.26. The van der Waals surface area contributed by atoms with Crippen molar-refractivity contribution in [3.8, 4) is 11.6 Å². The van der Waals surface area contributed by atoms with Crippen LogP contribution in [0.4, 0.5) is 10.1 Å². The number of methoxy groups -OCH3 is 1. The SMILES string of the molecule is COc1ncccc1NC(=O)c1nc(C)n(-c2ccc(F)cc2)n1. The smallest absolute Gasteiger partial charge is 0.295 e. The van der Waals surface area contributed by atoms with Gasteiger partial charge in [0.25, 0.3) is 5.91 Å². The number of hydrogen-bond acceptors (Lipinski definition) is 5. The lowest BCUT2D eigenvalue weighted by Gasteiger charge is -2.06. The monoisotopic (exact) mass is 327 g/mol. The standard InChI is InChI=1S/C16H14FN5O2/c1-10-19-14(21-22(10)12-7-5-11(17)6-8-12)15(23)20-13-4-3-9-18-16(13)24-2/h3-9H,1-2H3,(H,20,23). The van der Waals surface area contributed by atoms with Crippen molar-refractivity contribution in [1.29, 1.82) is 0 Å². The average Bonchev–Trinajstić information content (AvgIpc) is 2.98. The number of rotatable bonds is 4. The normalized spacial score (nSPS) is 10.5. The van der Waals surface area contributed by atoms with Crippen LogP contribution in [0.15, 0.2) is 42.6 Å². The number of ether oxygens (including phenoxy) is 1. The summed E-state index contributed by atoms with van der Waals surface area (Å²) in [6.45, 7) is 1.71. The molecule has 0 aliphatic heterocycles. The van der Waals surface area contributed by atoms with Crippen LogP contribution in [0.25, 0.3) is 5.69 Å². The Bertz CT molecular complexity index is 876. The van der Waals surface area contributed by atoms with Crippen molar-refractivity contribution in [1.82, 2.24) is 19.7 Å². The van der Waals surface area contributed by atoms with Crippen LogP contribution >= 0.6 is 0 Å². The predicted octanol–water partition coefficient (Wildman–Crippen LogP) is 2.37. The summed E-state index contributed by atoms with van der Waals surface area (Å²) in [6, 6.07) is 9.08. The molecule has 122 valence electrons. The zero-order chi connectivity index (χ0) is 17.1. The first-order chi connectivity index (χ1) is 11.6. The molecule has 2 aromatic heterocycles. The van der Waals surface area contributed by atoms with Crippen LogP contribution in [0.5, 0.6) is 5.88 Å². The van der Waals surface area contributed by atoms with E-state index in [1.807, 2.05) is 0 Å². The van der Waals surface area contributed by atoms with Gasteiger partial charge in [-0.15, -0.1) is 5.10 Å². The maximum absolute atomic E-state index is 13.0. The Morgan fingerprint density at radius 3 is 2.71 bits per heavy atom. The summed E-state index contributed by atoms with van der Waals surface area (Å²) in [5, 5.41) is 6.83. The van der Waals surface area contributed by atoms with Crippen LogP contribution < -0.4 is 10.1 Å². The summed E-state index contributed by atoms with van der Waals surface area (Å²) in [5.74, 6) is -0.0587. The number of aromatic nitrogens is 4. The Balaban J connectivity index is 1.86. The van der Waals surface area contributed by atoms with Gasteiger partial charge in [0, 0.05) is 6.20 Å². The lowest BCUT2D eigenvalue weighted by molar-refractivity contribution is 0.101. The molecule has 0 aliphatic rings. The minimum Gasteiger partial charge on any atom is -0.480 e. The van der Waals surface area contributed by atoms with E-state index in [2.05, 4.69) is 20.4 Å². The number of amides is 1. The van der Waals surface area contributed by atoms with Crippen molar-refractivity contribution in [2.24, 2.45) is 0 Å². The predicted molar refractivity (Wildman–Crippen MR) is 84.8 cm³/mol. The summed E-state index contributed by atoms with van der Waals surface area (Å²) in [6.07, 6.45) is 1.56. The van der Waals surface area contributed by atoms with Crippen LogP contribution in [-0.4, -0.2) is 32.8 Å². The number of hydrogen-bond donors (Lipinski definition) is 1. The zero-order valence-corrected chi connectivity index (χ0v) is 13.0. The molecule has 1 amide bonds. The van der Waals surface area contributed by atoms with E-state index in [0.717, 1.165) is 0 Å². The first-order valence-corrected chi connectivity index (χ1v) is 7.08. The number of carbonyl (C=O) groups is 1. The molecule has 7 nitrogen and oxygen atoms in total. The number of carbonyl (C=O) groups excluding carboxylic acids is 1. The summed E-state index contributed by atoms with van der Waals surface area (Å²) in [4.78, 5) is 20.5. The Morgan fingerprint density at radius 1 is 1.25 bits per heavy atom. The molecule has 2 heterocycles. The Morgan fingerprint density at radius 2 is 2.00 bits per heavy atom. The number of halogens is 1. The van der Waals surface area contributed by atoms with Gasteiger partial charge in [-0.25, -0.2) is 19.0 Å². The van der Waals surface area contributed by atoms with Gasteiger partial charge in [0.1, 0.15) is 17.3 Å². The molecule has 8 heteroatoms. The molecule has 0 spiro atoms. The fourth-order valence-corrected chi connectivity index (χ4v) is 2.14. The molecule has 24 heavy (non-hydrogen) atoms. The summed E-state index contributed by atoms with van der Waals surface area (Å²) >= 11 is 0. The van der Waals surface area contributed by atoms with Gasteiger partial charge in [0.15, 0.2) is 0 Å². The fourth-order valence-electron chi connectivity index (χ4n) is 2.14. The van der Waals surface area contributed by atoms with Gasteiger partial charge in [-0.2, -0.15) is 0 Å². The van der Waals surface area contributed by atoms with Crippen LogP contribution in [0.2, 0.25) is 0 Å². The van der Waals surface area contributed by atoms with E-state index in [-0.39, 0.29) is 11.6 Å². The van der Waals surface area contributed by atoms with Gasteiger partial charge in [-0.3, -0.25) is 4.79 Å². The van der Waals surface area contributed by atoms with Crippen molar-refractivity contribution in [2.75, 3.05) is 12.4 Å². The van der Waals surface area contributed by atoms with Crippen molar-refractivity contribution >= 4 is 11.6 Å². The second-order valence-electron chi connectivity index (χ2n) is 4.89. The maximum Gasteiger partial charge on any atom is 0.295 e. The van der Waals surface area contributed by atoms with E-state index >= 15 is 0 Å². The van der Waals surface area contributed by atoms with Gasteiger partial charge in [0.05, 0.1) is 12.8 Å². The highest BCUT2D eigenvalue weighted by Gasteiger charge is 2.17. The van der Waals surface area contributed by atoms with Crippen LogP contribution in [-0.2, 0) is 0 Å². The van der Waals surface area contributed by atoms with Crippen molar-refractivity contribution in [3.63, 3.8) is 0 Å². The van der Waals surface area contributed by atoms with Gasteiger partial charge >= 0.3 is 0 Å². The Labute approximate surface area is 137 Å². The molecule has 3 rings (SSSR count). The fraction of sp³-hybridized carbons (Fsp3) is 0.125. The van der Waals surface area contributed by atoms with Crippen molar-refractivity contribution in [2.45, 2.75) is 6.92 Å². The van der Waals surface area contributed by atoms with Crippen molar-refractivity contribution < 1.29 is 13.9 Å². The molecular weight excluding hydrogens is 313 g/mol. The highest BCUT2D eigenvalue weighted by molar-refractivity contribution is 6.02. The minimum atomic E-state index is -0.495. The van der Waals surface area contributed by atoms with Gasteiger partial charge in [-0.05, 0) is 43.3 Å². The van der Waals surface area contributed by atoms with Gasteiger partial charge in [0.2, 0.25) is 11.7 Å². The third-order valence-electron chi connectivity index (χ3n) is 3.26. The number of nitrogens with one attached hydrogen (secondary N) is 1. The molecule has 0 aliphatic carbocycles. The molecule has 0 unspecified atom stereocenters. The molecule has 3 aromatic rings. The summed E-state index contributed by atoms with van der Waals surface area (Å²) in [7, 11) is 1.46. The number of pyridine rings is 1. The zero-order valence-electron chi connectivity index (χ0n) is 13.0. The molecule has 1 N–H and O–H groups in total. The Hall–Kier alpha value is -3.29. The van der Waals surface area contributed by atoms with Gasteiger partial charge in [-0.1, -0.05) is 0 Å². The highest BCUT2D eigenvalue weighted by Crippen LogP contribution is 2.20. The third kappa shape index (κ3) is 3.07. The topological polar surface area (TPSA) is 81.9 Å². The molecule has 0 saturated heterocycles. The summed E-state index contributed by atoms with van der Waals surface area (Å²) in [5.41, 5.74) is 1.03.